The standard InChI is InChI=1S/C16H13F4NO2/c17-14-6-3-11(16(18,19)20)9-13(14)15(23)21-12-4-1-10(2-5-12)7-8-22/h1-6,9,22H,7-8H2,(H,21,23). The highest BCUT2D eigenvalue weighted by Crippen LogP contribution is 2.30. The predicted molar refractivity (Wildman–Crippen MR) is 76.6 cm³/mol. The average molecular weight is 327 g/mol. The molecule has 1 amide bonds. The summed E-state index contributed by atoms with van der Waals surface area (Å²) in [6, 6.07) is 8.01. The first-order valence-corrected chi connectivity index (χ1v) is 6.69. The van der Waals surface area contributed by atoms with E-state index in [4.69, 9.17) is 5.11 Å². The third-order valence-electron chi connectivity index (χ3n) is 3.15. The van der Waals surface area contributed by atoms with Gasteiger partial charge in [-0.15, -0.1) is 0 Å². The quantitative estimate of drug-likeness (QED) is 0.843. The molecule has 0 aromatic heterocycles. The number of carbonyl (C=O) groups is 1. The van der Waals surface area contributed by atoms with Gasteiger partial charge in [0.25, 0.3) is 5.91 Å². The summed E-state index contributed by atoms with van der Waals surface area (Å²) in [6.45, 7) is -0.0266. The van der Waals surface area contributed by atoms with Crippen LogP contribution in [0, 0.1) is 5.82 Å². The van der Waals surface area contributed by atoms with Crippen LogP contribution in [0.25, 0.3) is 0 Å². The van der Waals surface area contributed by atoms with Crippen LogP contribution in [0.5, 0.6) is 0 Å². The van der Waals surface area contributed by atoms with Gasteiger partial charge < -0.3 is 10.4 Å². The van der Waals surface area contributed by atoms with Crippen LogP contribution in [0.15, 0.2) is 42.5 Å². The Labute approximate surface area is 129 Å². The largest absolute Gasteiger partial charge is 0.416 e. The minimum atomic E-state index is -4.66. The van der Waals surface area contributed by atoms with Crippen molar-refractivity contribution in [2.45, 2.75) is 12.6 Å². The zero-order chi connectivity index (χ0) is 17.0. The van der Waals surface area contributed by atoms with Crippen molar-refractivity contribution in [2.75, 3.05) is 11.9 Å². The van der Waals surface area contributed by atoms with Gasteiger partial charge in [0.1, 0.15) is 5.82 Å². The summed E-state index contributed by atoms with van der Waals surface area (Å²) < 4.78 is 51.5. The van der Waals surface area contributed by atoms with Crippen molar-refractivity contribution < 1.29 is 27.5 Å². The van der Waals surface area contributed by atoms with E-state index in [9.17, 15) is 22.4 Å². The summed E-state index contributed by atoms with van der Waals surface area (Å²) in [5.74, 6) is -2.00. The molecule has 23 heavy (non-hydrogen) atoms. The fourth-order valence-corrected chi connectivity index (χ4v) is 1.96. The lowest BCUT2D eigenvalue weighted by Crippen LogP contribution is -2.16. The molecule has 0 spiro atoms. The molecule has 7 heteroatoms. The Hall–Kier alpha value is -2.41. The number of benzene rings is 2. The van der Waals surface area contributed by atoms with E-state index in [1.165, 1.54) is 12.1 Å². The molecule has 0 radical (unpaired) electrons. The minimum Gasteiger partial charge on any atom is -0.396 e. The van der Waals surface area contributed by atoms with E-state index in [1.807, 2.05) is 0 Å². The first-order chi connectivity index (χ1) is 10.8. The molecule has 0 unspecified atom stereocenters. The van der Waals surface area contributed by atoms with Gasteiger partial charge in [-0.05, 0) is 42.3 Å². The third-order valence-corrected chi connectivity index (χ3v) is 3.15. The molecule has 0 saturated carbocycles. The van der Waals surface area contributed by atoms with Crippen molar-refractivity contribution >= 4 is 11.6 Å². The number of nitrogens with one attached hydrogen (secondary N) is 1. The van der Waals surface area contributed by atoms with E-state index in [0.29, 0.717) is 30.3 Å². The summed E-state index contributed by atoms with van der Waals surface area (Å²) in [5.41, 5.74) is -0.633. The molecule has 2 aromatic rings. The first kappa shape index (κ1) is 17.0. The Balaban J connectivity index is 2.20. The molecule has 0 saturated heterocycles. The fraction of sp³-hybridized carbons (Fsp3) is 0.188. The van der Waals surface area contributed by atoms with Crippen molar-refractivity contribution in [3.63, 3.8) is 0 Å². The molecule has 122 valence electrons. The second kappa shape index (κ2) is 6.78. The van der Waals surface area contributed by atoms with Crippen molar-refractivity contribution in [3.8, 4) is 0 Å². The monoisotopic (exact) mass is 327 g/mol. The Bertz CT molecular complexity index is 696. The smallest absolute Gasteiger partial charge is 0.396 e. The molecule has 3 nitrogen and oxygen atoms in total. The van der Waals surface area contributed by atoms with E-state index in [0.717, 1.165) is 5.56 Å². The SMILES string of the molecule is O=C(Nc1ccc(CCO)cc1)c1cc(C(F)(F)F)ccc1F. The molecule has 0 aliphatic carbocycles. The number of hydrogen-bond acceptors (Lipinski definition) is 2. The maximum atomic E-state index is 13.6. The van der Waals surface area contributed by atoms with Crippen LogP contribution in [0.3, 0.4) is 0 Å². The van der Waals surface area contributed by atoms with Gasteiger partial charge in [-0.1, -0.05) is 12.1 Å². The Morgan fingerprint density at radius 1 is 1.09 bits per heavy atom. The summed E-state index contributed by atoms with van der Waals surface area (Å²) >= 11 is 0. The van der Waals surface area contributed by atoms with Crippen LogP contribution in [0.2, 0.25) is 0 Å². The lowest BCUT2D eigenvalue weighted by atomic mass is 10.1. The Morgan fingerprint density at radius 2 is 1.74 bits per heavy atom. The Kier molecular flexibility index (Phi) is 5.00. The molecular formula is C16H13F4NO2. The number of alkyl halides is 3. The van der Waals surface area contributed by atoms with Gasteiger partial charge in [-0.3, -0.25) is 4.79 Å². The topological polar surface area (TPSA) is 49.3 Å². The lowest BCUT2D eigenvalue weighted by Gasteiger charge is -2.10. The van der Waals surface area contributed by atoms with Crippen LogP contribution >= 0.6 is 0 Å². The van der Waals surface area contributed by atoms with Crippen LogP contribution in [-0.4, -0.2) is 17.6 Å². The molecule has 0 aliphatic heterocycles. The molecule has 2 N–H and O–H groups in total. The van der Waals surface area contributed by atoms with E-state index in [-0.39, 0.29) is 6.61 Å². The highest BCUT2D eigenvalue weighted by Gasteiger charge is 2.31. The molecular weight excluding hydrogens is 314 g/mol. The van der Waals surface area contributed by atoms with Crippen LogP contribution in [-0.2, 0) is 12.6 Å². The van der Waals surface area contributed by atoms with E-state index >= 15 is 0 Å². The van der Waals surface area contributed by atoms with Crippen LogP contribution < -0.4 is 5.32 Å². The number of rotatable bonds is 4. The predicted octanol–water partition coefficient (Wildman–Crippen LogP) is 3.63. The summed E-state index contributed by atoms with van der Waals surface area (Å²) in [7, 11) is 0. The molecule has 0 bridgehead atoms. The minimum absolute atomic E-state index is 0.0266. The van der Waals surface area contributed by atoms with E-state index < -0.39 is 29.0 Å². The number of halogens is 4. The van der Waals surface area contributed by atoms with Gasteiger partial charge >= 0.3 is 6.18 Å². The maximum Gasteiger partial charge on any atom is 0.416 e. The average Bonchev–Trinajstić information content (AvgIpc) is 2.48. The van der Waals surface area contributed by atoms with Gasteiger partial charge in [-0.25, -0.2) is 4.39 Å². The number of aliphatic hydroxyl groups excluding tert-OH is 1. The van der Waals surface area contributed by atoms with Gasteiger partial charge in [0.15, 0.2) is 0 Å². The molecule has 0 fully saturated rings. The normalized spacial score (nSPS) is 11.3. The van der Waals surface area contributed by atoms with Gasteiger partial charge in [0.05, 0.1) is 11.1 Å². The van der Waals surface area contributed by atoms with Crippen molar-refractivity contribution in [3.05, 3.63) is 65.0 Å². The number of aliphatic hydroxyl groups is 1. The van der Waals surface area contributed by atoms with Gasteiger partial charge in [-0.2, -0.15) is 13.2 Å². The zero-order valence-corrected chi connectivity index (χ0v) is 11.8. The first-order valence-electron chi connectivity index (χ1n) is 6.69. The highest BCUT2D eigenvalue weighted by atomic mass is 19.4. The van der Waals surface area contributed by atoms with Gasteiger partial charge in [0, 0.05) is 12.3 Å². The molecule has 0 aliphatic rings. The van der Waals surface area contributed by atoms with Crippen LogP contribution in [0.4, 0.5) is 23.2 Å². The second-order valence-electron chi connectivity index (χ2n) is 4.82. The Morgan fingerprint density at radius 3 is 2.30 bits per heavy atom. The number of hydrogen-bond donors (Lipinski definition) is 2. The van der Waals surface area contributed by atoms with Crippen LogP contribution in [0.1, 0.15) is 21.5 Å². The number of carbonyl (C=O) groups excluding carboxylic acids is 1. The molecule has 0 heterocycles. The zero-order valence-electron chi connectivity index (χ0n) is 11.8. The second-order valence-corrected chi connectivity index (χ2v) is 4.82. The van der Waals surface area contributed by atoms with Crippen molar-refractivity contribution in [2.24, 2.45) is 0 Å². The fourth-order valence-electron chi connectivity index (χ4n) is 1.96. The maximum absolute atomic E-state index is 13.6. The summed E-state index contributed by atoms with van der Waals surface area (Å²) in [5, 5.41) is 11.1. The lowest BCUT2D eigenvalue weighted by molar-refractivity contribution is -0.137. The summed E-state index contributed by atoms with van der Waals surface area (Å²) in [4.78, 5) is 12.0. The molecule has 0 atom stereocenters. The van der Waals surface area contributed by atoms with Crippen molar-refractivity contribution in [1.29, 1.82) is 0 Å². The van der Waals surface area contributed by atoms with Gasteiger partial charge in [0.2, 0.25) is 0 Å². The summed E-state index contributed by atoms with van der Waals surface area (Å²) in [6.07, 6.45) is -4.22. The number of anilines is 1. The molecule has 2 rings (SSSR count). The molecule has 2 aromatic carbocycles. The highest BCUT2D eigenvalue weighted by molar-refractivity contribution is 6.04. The number of amides is 1. The third kappa shape index (κ3) is 4.29. The van der Waals surface area contributed by atoms with Crippen molar-refractivity contribution in [1.82, 2.24) is 0 Å². The van der Waals surface area contributed by atoms with E-state index in [2.05, 4.69) is 5.32 Å². The van der Waals surface area contributed by atoms with E-state index in [1.54, 1.807) is 12.1 Å².